The van der Waals surface area contributed by atoms with Crippen LogP contribution in [0.2, 0.25) is 0 Å². The summed E-state index contributed by atoms with van der Waals surface area (Å²) in [4.78, 5) is 0. The molecule has 0 radical (unpaired) electrons. The Kier molecular flexibility index (Phi) is 2.21. The van der Waals surface area contributed by atoms with Crippen molar-refractivity contribution in [1.82, 2.24) is 5.32 Å². The zero-order valence-electron chi connectivity index (χ0n) is 7.00. The van der Waals surface area contributed by atoms with Crippen LogP contribution in [0, 0.1) is 17.3 Å². The summed E-state index contributed by atoms with van der Waals surface area (Å²) in [6.07, 6.45) is 0. The maximum atomic E-state index is 8.93. The zero-order chi connectivity index (χ0) is 7.35. The van der Waals surface area contributed by atoms with Gasteiger partial charge in [-0.05, 0) is 23.8 Å². The second kappa shape index (κ2) is 2.61. The van der Waals surface area contributed by atoms with Crippen LogP contribution in [0.15, 0.2) is 0 Å². The van der Waals surface area contributed by atoms with E-state index < -0.39 is 0 Å². The van der Waals surface area contributed by atoms with Crippen LogP contribution < -0.4 is 5.32 Å². The molecular weight excluding hydrogens is 162 g/mol. The summed E-state index contributed by atoms with van der Waals surface area (Å²) < 4.78 is 0. The summed E-state index contributed by atoms with van der Waals surface area (Å²) in [6.45, 7) is 6.02. The third-order valence-corrected chi connectivity index (χ3v) is 3.37. The molecule has 1 aliphatic carbocycles. The third-order valence-electron chi connectivity index (χ3n) is 3.37. The van der Waals surface area contributed by atoms with Crippen molar-refractivity contribution in [2.24, 2.45) is 17.3 Å². The van der Waals surface area contributed by atoms with E-state index in [0.717, 1.165) is 18.4 Å². The van der Waals surface area contributed by atoms with Crippen molar-refractivity contribution < 1.29 is 5.11 Å². The number of rotatable bonds is 1. The van der Waals surface area contributed by atoms with E-state index in [-0.39, 0.29) is 12.4 Å². The Morgan fingerprint density at radius 2 is 2.18 bits per heavy atom. The molecule has 0 unspecified atom stereocenters. The van der Waals surface area contributed by atoms with Gasteiger partial charge in [0.15, 0.2) is 0 Å². The van der Waals surface area contributed by atoms with E-state index in [1.807, 2.05) is 0 Å². The Hall–Kier alpha value is 0.210. The normalized spacial score (nSPS) is 44.5. The predicted molar refractivity (Wildman–Crippen MR) is 46.9 cm³/mol. The monoisotopic (exact) mass is 177 g/mol. The van der Waals surface area contributed by atoms with Crippen LogP contribution in [0.5, 0.6) is 0 Å². The number of nitrogens with one attached hydrogen (secondary N) is 1. The maximum Gasteiger partial charge on any atom is 0.0587 e. The maximum absolute atomic E-state index is 8.93. The second-order valence-corrected chi connectivity index (χ2v) is 4.15. The van der Waals surface area contributed by atoms with Gasteiger partial charge in [0.2, 0.25) is 0 Å². The predicted octanol–water partition coefficient (Wildman–Crippen LogP) is 0.645. The minimum Gasteiger partial charge on any atom is -0.395 e. The first-order valence-corrected chi connectivity index (χ1v) is 4.02. The van der Waals surface area contributed by atoms with Crippen molar-refractivity contribution in [1.29, 1.82) is 0 Å². The number of aliphatic hydroxyl groups is 1. The molecule has 3 atom stereocenters. The quantitative estimate of drug-likeness (QED) is 0.617. The Balaban J connectivity index is 0.000000605. The molecule has 0 aromatic rings. The summed E-state index contributed by atoms with van der Waals surface area (Å²) in [5.41, 5.74) is 0.513. The number of halogens is 1. The molecule has 11 heavy (non-hydrogen) atoms. The smallest absolute Gasteiger partial charge is 0.0587 e. The molecule has 1 saturated heterocycles. The molecule has 0 amide bonds. The Morgan fingerprint density at radius 1 is 1.55 bits per heavy atom. The fourth-order valence-electron chi connectivity index (χ4n) is 2.56. The lowest BCUT2D eigenvalue weighted by Gasteiger charge is -2.15. The highest BCUT2D eigenvalue weighted by molar-refractivity contribution is 5.85. The van der Waals surface area contributed by atoms with Gasteiger partial charge in [0, 0.05) is 6.04 Å². The average molecular weight is 178 g/mol. The summed E-state index contributed by atoms with van der Waals surface area (Å²) in [5, 5.41) is 12.2. The summed E-state index contributed by atoms with van der Waals surface area (Å²) in [5.74, 6) is 1.59. The van der Waals surface area contributed by atoms with Crippen molar-refractivity contribution >= 4 is 12.4 Å². The van der Waals surface area contributed by atoms with Gasteiger partial charge in [0.1, 0.15) is 0 Å². The molecule has 2 nitrogen and oxygen atoms in total. The van der Waals surface area contributed by atoms with E-state index >= 15 is 0 Å². The topological polar surface area (TPSA) is 32.3 Å². The standard InChI is InChI=1S/C8H15NO.ClH/c1-8(2)5-3-9-6(4-10)7(5)8;/h5-7,9-10H,3-4H2,1-2H3;1H/t5-,6+,7-;/m0./s1. The molecular formula is C8H16ClNO. The first-order chi connectivity index (χ1) is 4.68. The van der Waals surface area contributed by atoms with Gasteiger partial charge in [-0.15, -0.1) is 12.4 Å². The summed E-state index contributed by atoms with van der Waals surface area (Å²) >= 11 is 0. The van der Waals surface area contributed by atoms with Crippen LogP contribution in [0.4, 0.5) is 0 Å². The molecule has 2 fully saturated rings. The van der Waals surface area contributed by atoms with Crippen molar-refractivity contribution in [3.05, 3.63) is 0 Å². The molecule has 0 spiro atoms. The van der Waals surface area contributed by atoms with Crippen LogP contribution in [0.3, 0.4) is 0 Å². The Bertz CT molecular complexity index is 160. The Morgan fingerprint density at radius 3 is 2.45 bits per heavy atom. The van der Waals surface area contributed by atoms with Crippen LogP contribution >= 0.6 is 12.4 Å². The highest BCUT2D eigenvalue weighted by Gasteiger charge is 2.63. The second-order valence-electron chi connectivity index (χ2n) is 4.15. The van der Waals surface area contributed by atoms with Crippen molar-refractivity contribution in [2.45, 2.75) is 19.9 Å². The van der Waals surface area contributed by atoms with Crippen LogP contribution in [-0.4, -0.2) is 24.3 Å². The van der Waals surface area contributed by atoms with Crippen molar-refractivity contribution in [2.75, 3.05) is 13.2 Å². The van der Waals surface area contributed by atoms with Gasteiger partial charge >= 0.3 is 0 Å². The van der Waals surface area contributed by atoms with E-state index in [2.05, 4.69) is 19.2 Å². The SMILES string of the molecule is CC1(C)[C@@H]2[C@@H](CO)NC[C@@H]21.Cl. The number of piperidine rings is 1. The lowest BCUT2D eigenvalue weighted by molar-refractivity contribution is 0.226. The van der Waals surface area contributed by atoms with E-state index in [4.69, 9.17) is 5.11 Å². The molecule has 2 rings (SSSR count). The average Bonchev–Trinajstić information content (AvgIpc) is 2.28. The van der Waals surface area contributed by atoms with E-state index in [1.54, 1.807) is 0 Å². The molecule has 1 aliphatic heterocycles. The number of fused-ring (bicyclic) bond motifs is 1. The fourth-order valence-corrected chi connectivity index (χ4v) is 2.56. The molecule has 0 aromatic heterocycles. The van der Waals surface area contributed by atoms with Gasteiger partial charge in [-0.2, -0.15) is 0 Å². The zero-order valence-corrected chi connectivity index (χ0v) is 7.82. The largest absolute Gasteiger partial charge is 0.395 e. The molecule has 1 heterocycles. The molecule has 1 saturated carbocycles. The summed E-state index contributed by atoms with van der Waals surface area (Å²) in [6, 6.07) is 0.389. The molecule has 3 heteroatoms. The van der Waals surface area contributed by atoms with Gasteiger partial charge in [0.25, 0.3) is 0 Å². The Labute approximate surface area is 73.8 Å². The van der Waals surface area contributed by atoms with Crippen LogP contribution in [0.1, 0.15) is 13.8 Å². The number of aliphatic hydroxyl groups excluding tert-OH is 1. The highest BCUT2D eigenvalue weighted by Crippen LogP contribution is 2.62. The minimum atomic E-state index is 0. The summed E-state index contributed by atoms with van der Waals surface area (Å²) in [7, 11) is 0. The van der Waals surface area contributed by atoms with E-state index in [9.17, 15) is 0 Å². The van der Waals surface area contributed by atoms with Crippen molar-refractivity contribution in [3.63, 3.8) is 0 Å². The van der Waals surface area contributed by atoms with E-state index in [1.165, 1.54) is 0 Å². The molecule has 2 N–H and O–H groups in total. The van der Waals surface area contributed by atoms with Gasteiger partial charge in [-0.25, -0.2) is 0 Å². The molecule has 2 aliphatic rings. The van der Waals surface area contributed by atoms with Gasteiger partial charge in [-0.1, -0.05) is 13.8 Å². The lowest BCUT2D eigenvalue weighted by Crippen LogP contribution is -2.33. The number of hydrogen-bond acceptors (Lipinski definition) is 2. The molecule has 66 valence electrons. The van der Waals surface area contributed by atoms with Crippen LogP contribution in [0.25, 0.3) is 0 Å². The lowest BCUT2D eigenvalue weighted by atomic mass is 10.0. The highest BCUT2D eigenvalue weighted by atomic mass is 35.5. The molecule has 0 bridgehead atoms. The molecule has 0 aromatic carbocycles. The third kappa shape index (κ3) is 1.08. The van der Waals surface area contributed by atoms with Crippen molar-refractivity contribution in [3.8, 4) is 0 Å². The van der Waals surface area contributed by atoms with Gasteiger partial charge in [-0.3, -0.25) is 0 Å². The first kappa shape index (κ1) is 9.30. The fraction of sp³-hybridized carbons (Fsp3) is 1.00. The van der Waals surface area contributed by atoms with Gasteiger partial charge < -0.3 is 10.4 Å². The number of hydrogen-bond donors (Lipinski definition) is 2. The first-order valence-electron chi connectivity index (χ1n) is 4.02. The minimum absolute atomic E-state index is 0. The van der Waals surface area contributed by atoms with E-state index in [0.29, 0.717) is 18.1 Å². The van der Waals surface area contributed by atoms with Gasteiger partial charge in [0.05, 0.1) is 6.61 Å². The van der Waals surface area contributed by atoms with Crippen LogP contribution in [-0.2, 0) is 0 Å².